The van der Waals surface area contributed by atoms with Crippen molar-refractivity contribution in [3.05, 3.63) is 41.7 Å². The predicted molar refractivity (Wildman–Crippen MR) is 76.1 cm³/mol. The average molecular weight is 290 g/mol. The van der Waals surface area contributed by atoms with Crippen molar-refractivity contribution < 1.29 is 14.3 Å². The number of amides is 1. The first-order valence-electron chi connectivity index (χ1n) is 6.45. The highest BCUT2D eigenvalue weighted by molar-refractivity contribution is 5.91. The van der Waals surface area contributed by atoms with Gasteiger partial charge in [0, 0.05) is 20.7 Å². The second-order valence-corrected chi connectivity index (χ2v) is 4.49. The fraction of sp³-hybridized carbons (Fsp3) is 0.357. The van der Waals surface area contributed by atoms with E-state index >= 15 is 0 Å². The minimum absolute atomic E-state index is 0.263. The Balaban J connectivity index is 2.00. The van der Waals surface area contributed by atoms with Gasteiger partial charge in [-0.2, -0.15) is 0 Å². The third-order valence-electron chi connectivity index (χ3n) is 3.03. The Hall–Kier alpha value is -2.41. The summed E-state index contributed by atoms with van der Waals surface area (Å²) in [5, 5.41) is 10.3. The Morgan fingerprint density at radius 2 is 2.24 bits per heavy atom. The third kappa shape index (κ3) is 3.79. The lowest BCUT2D eigenvalue weighted by Crippen LogP contribution is -2.29. The van der Waals surface area contributed by atoms with Gasteiger partial charge < -0.3 is 14.8 Å². The van der Waals surface area contributed by atoms with E-state index in [-0.39, 0.29) is 17.7 Å². The van der Waals surface area contributed by atoms with Crippen LogP contribution in [0.4, 0.5) is 0 Å². The molecule has 0 aliphatic rings. The van der Waals surface area contributed by atoms with Gasteiger partial charge in [-0.15, -0.1) is 5.10 Å². The van der Waals surface area contributed by atoms with Crippen molar-refractivity contribution >= 4 is 5.91 Å². The Morgan fingerprint density at radius 1 is 1.43 bits per heavy atom. The van der Waals surface area contributed by atoms with Crippen LogP contribution in [-0.4, -0.2) is 41.7 Å². The summed E-state index contributed by atoms with van der Waals surface area (Å²) in [6.07, 6.45) is 1.30. The Morgan fingerprint density at radius 3 is 2.86 bits per heavy atom. The fourth-order valence-corrected chi connectivity index (χ4v) is 1.91. The zero-order valence-corrected chi connectivity index (χ0v) is 12.2. The first-order chi connectivity index (χ1) is 10.1. The van der Waals surface area contributed by atoms with Crippen molar-refractivity contribution in [2.24, 2.45) is 7.05 Å². The van der Waals surface area contributed by atoms with E-state index in [1.165, 1.54) is 4.68 Å². The van der Waals surface area contributed by atoms with Crippen molar-refractivity contribution in [2.45, 2.75) is 6.10 Å². The summed E-state index contributed by atoms with van der Waals surface area (Å²) in [6, 6.07) is 7.53. The van der Waals surface area contributed by atoms with Gasteiger partial charge in [-0.05, 0) is 17.7 Å². The van der Waals surface area contributed by atoms with E-state index in [0.717, 1.165) is 11.3 Å². The first kappa shape index (κ1) is 15.0. The van der Waals surface area contributed by atoms with Crippen LogP contribution in [0.25, 0.3) is 0 Å². The van der Waals surface area contributed by atoms with Crippen molar-refractivity contribution in [1.29, 1.82) is 0 Å². The van der Waals surface area contributed by atoms with E-state index in [1.54, 1.807) is 27.5 Å². The van der Waals surface area contributed by atoms with Crippen LogP contribution in [0, 0.1) is 0 Å². The second-order valence-electron chi connectivity index (χ2n) is 4.49. The summed E-state index contributed by atoms with van der Waals surface area (Å²) in [7, 11) is 4.91. The number of benzene rings is 1. The zero-order valence-electron chi connectivity index (χ0n) is 12.2. The molecule has 0 aliphatic carbocycles. The SMILES string of the molecule is COc1cccc([C@H](CNC(=O)c2cn(C)nn2)OC)c1. The maximum Gasteiger partial charge on any atom is 0.273 e. The summed E-state index contributed by atoms with van der Waals surface area (Å²) in [5.41, 5.74) is 1.20. The first-order valence-corrected chi connectivity index (χ1v) is 6.45. The van der Waals surface area contributed by atoms with E-state index in [0.29, 0.717) is 6.54 Å². The van der Waals surface area contributed by atoms with Gasteiger partial charge in [0.15, 0.2) is 5.69 Å². The van der Waals surface area contributed by atoms with Gasteiger partial charge in [0.2, 0.25) is 0 Å². The molecule has 0 unspecified atom stereocenters. The lowest BCUT2D eigenvalue weighted by atomic mass is 10.1. The number of hydrogen-bond donors (Lipinski definition) is 1. The molecule has 21 heavy (non-hydrogen) atoms. The van der Waals surface area contributed by atoms with Gasteiger partial charge in [-0.25, -0.2) is 0 Å². The van der Waals surface area contributed by atoms with E-state index < -0.39 is 0 Å². The lowest BCUT2D eigenvalue weighted by Gasteiger charge is -2.16. The van der Waals surface area contributed by atoms with Crippen LogP contribution in [0.15, 0.2) is 30.5 Å². The molecule has 1 N–H and O–H groups in total. The van der Waals surface area contributed by atoms with Gasteiger partial charge in [-0.3, -0.25) is 9.48 Å². The predicted octanol–water partition coefficient (Wildman–Crippen LogP) is 0.941. The summed E-state index contributed by atoms with van der Waals surface area (Å²) >= 11 is 0. The number of nitrogens with zero attached hydrogens (tertiary/aromatic N) is 3. The monoisotopic (exact) mass is 290 g/mol. The van der Waals surface area contributed by atoms with Crippen LogP contribution >= 0.6 is 0 Å². The Kier molecular flexibility index (Phi) is 4.89. The number of methoxy groups -OCH3 is 2. The van der Waals surface area contributed by atoms with E-state index in [1.807, 2.05) is 24.3 Å². The van der Waals surface area contributed by atoms with E-state index in [9.17, 15) is 4.79 Å². The number of aromatic nitrogens is 3. The molecule has 2 aromatic rings. The molecule has 0 fully saturated rings. The molecule has 112 valence electrons. The summed E-state index contributed by atoms with van der Waals surface area (Å²) in [4.78, 5) is 11.9. The van der Waals surface area contributed by atoms with Crippen LogP contribution in [0.2, 0.25) is 0 Å². The number of carbonyl (C=O) groups excluding carboxylic acids is 1. The zero-order chi connectivity index (χ0) is 15.2. The highest BCUT2D eigenvalue weighted by Gasteiger charge is 2.15. The molecule has 0 aliphatic heterocycles. The fourth-order valence-electron chi connectivity index (χ4n) is 1.91. The highest BCUT2D eigenvalue weighted by atomic mass is 16.5. The average Bonchev–Trinajstić information content (AvgIpc) is 2.94. The van der Waals surface area contributed by atoms with Crippen LogP contribution in [0.1, 0.15) is 22.2 Å². The van der Waals surface area contributed by atoms with Gasteiger partial charge in [0.1, 0.15) is 5.75 Å². The molecule has 0 radical (unpaired) electrons. The van der Waals surface area contributed by atoms with Gasteiger partial charge in [0.25, 0.3) is 5.91 Å². The van der Waals surface area contributed by atoms with Crippen LogP contribution in [-0.2, 0) is 11.8 Å². The van der Waals surface area contributed by atoms with Crippen LogP contribution in [0.3, 0.4) is 0 Å². The summed E-state index contributed by atoms with van der Waals surface area (Å²) < 4.78 is 12.1. The summed E-state index contributed by atoms with van der Waals surface area (Å²) in [5.74, 6) is 0.461. The van der Waals surface area contributed by atoms with Gasteiger partial charge in [-0.1, -0.05) is 17.3 Å². The molecule has 1 atom stereocenters. The molecule has 0 spiro atoms. The topological polar surface area (TPSA) is 78.3 Å². The maximum absolute atomic E-state index is 11.9. The molecule has 0 saturated heterocycles. The Bertz CT molecular complexity index is 612. The van der Waals surface area contributed by atoms with Gasteiger partial charge in [0.05, 0.1) is 19.4 Å². The van der Waals surface area contributed by atoms with E-state index in [2.05, 4.69) is 15.6 Å². The number of ether oxygens (including phenoxy) is 2. The molecule has 0 bridgehead atoms. The van der Waals surface area contributed by atoms with Crippen molar-refractivity contribution in [3.8, 4) is 5.75 Å². The normalized spacial score (nSPS) is 12.0. The molecule has 7 nitrogen and oxygen atoms in total. The van der Waals surface area contributed by atoms with Crippen molar-refractivity contribution in [2.75, 3.05) is 20.8 Å². The quantitative estimate of drug-likeness (QED) is 0.856. The molecule has 1 amide bonds. The summed E-state index contributed by atoms with van der Waals surface area (Å²) in [6.45, 7) is 0.332. The number of nitrogens with one attached hydrogen (secondary N) is 1. The smallest absolute Gasteiger partial charge is 0.273 e. The van der Waals surface area contributed by atoms with Crippen molar-refractivity contribution in [1.82, 2.24) is 20.3 Å². The highest BCUT2D eigenvalue weighted by Crippen LogP contribution is 2.20. The number of aryl methyl sites for hydroxylation is 1. The van der Waals surface area contributed by atoms with E-state index in [4.69, 9.17) is 9.47 Å². The molecule has 1 aromatic heterocycles. The van der Waals surface area contributed by atoms with Crippen LogP contribution < -0.4 is 10.1 Å². The molecular weight excluding hydrogens is 272 g/mol. The molecule has 0 saturated carbocycles. The standard InChI is InChI=1S/C14H18N4O3/c1-18-9-12(16-17-18)14(19)15-8-13(21-3)10-5-4-6-11(7-10)20-2/h4-7,9,13H,8H2,1-3H3,(H,15,19)/t13-/m0/s1. The molecule has 7 heteroatoms. The maximum atomic E-state index is 11.9. The third-order valence-corrected chi connectivity index (χ3v) is 3.03. The lowest BCUT2D eigenvalue weighted by molar-refractivity contribution is 0.0823. The molecular formula is C14H18N4O3. The largest absolute Gasteiger partial charge is 0.497 e. The number of rotatable bonds is 6. The number of carbonyl (C=O) groups is 1. The molecule has 1 heterocycles. The van der Waals surface area contributed by atoms with Gasteiger partial charge >= 0.3 is 0 Å². The molecule has 2 rings (SSSR count). The van der Waals surface area contributed by atoms with Crippen LogP contribution in [0.5, 0.6) is 5.75 Å². The second kappa shape index (κ2) is 6.85. The van der Waals surface area contributed by atoms with Crippen molar-refractivity contribution in [3.63, 3.8) is 0 Å². The minimum Gasteiger partial charge on any atom is -0.497 e. The minimum atomic E-state index is -0.284. The molecule has 1 aromatic carbocycles. The Labute approximate surface area is 122 Å². The number of hydrogen-bond acceptors (Lipinski definition) is 5.